The maximum absolute atomic E-state index is 13.7. The predicted molar refractivity (Wildman–Crippen MR) is 78.7 cm³/mol. The molecule has 3 heteroatoms. The molecule has 0 heterocycles. The van der Waals surface area contributed by atoms with Crippen LogP contribution in [0.1, 0.15) is 51.0 Å². The van der Waals surface area contributed by atoms with Crippen molar-refractivity contribution < 1.29 is 8.78 Å². The summed E-state index contributed by atoms with van der Waals surface area (Å²) in [4.78, 5) is 0. The third-order valence-electron chi connectivity index (χ3n) is 4.23. The quantitative estimate of drug-likeness (QED) is 0.786. The molecule has 1 aliphatic carbocycles. The van der Waals surface area contributed by atoms with Gasteiger partial charge in [-0.2, -0.15) is 0 Å². The number of halogens is 2. The van der Waals surface area contributed by atoms with Crippen molar-refractivity contribution >= 4 is 0 Å². The standard InChI is InChI=1S/C17H25F2N/c1-2-9-20-16-6-4-3-5-13(11-16)10-14-12-15(18)7-8-17(14)19/h7-8,12-13,16,20H,2-6,9-11H2,1H3. The highest BCUT2D eigenvalue weighted by Crippen LogP contribution is 2.27. The fourth-order valence-corrected chi connectivity index (χ4v) is 3.19. The van der Waals surface area contributed by atoms with E-state index in [9.17, 15) is 8.78 Å². The predicted octanol–water partition coefficient (Wildman–Crippen LogP) is 4.46. The Kier molecular flexibility index (Phi) is 5.96. The molecule has 1 fully saturated rings. The monoisotopic (exact) mass is 281 g/mol. The Morgan fingerprint density at radius 2 is 2.00 bits per heavy atom. The third-order valence-corrected chi connectivity index (χ3v) is 4.23. The second-order valence-electron chi connectivity index (χ2n) is 5.98. The Bertz CT molecular complexity index is 419. The molecule has 1 nitrogen and oxygen atoms in total. The first-order valence-corrected chi connectivity index (χ1v) is 7.86. The topological polar surface area (TPSA) is 12.0 Å². The van der Waals surface area contributed by atoms with Crippen LogP contribution in [0, 0.1) is 17.6 Å². The lowest BCUT2D eigenvalue weighted by Crippen LogP contribution is -2.31. The van der Waals surface area contributed by atoms with Gasteiger partial charge in [0.05, 0.1) is 0 Å². The van der Waals surface area contributed by atoms with Crippen LogP contribution < -0.4 is 5.32 Å². The first-order valence-electron chi connectivity index (χ1n) is 7.86. The van der Waals surface area contributed by atoms with E-state index in [2.05, 4.69) is 12.2 Å². The van der Waals surface area contributed by atoms with Crippen molar-refractivity contribution in [3.05, 3.63) is 35.4 Å². The van der Waals surface area contributed by atoms with Crippen LogP contribution in [-0.4, -0.2) is 12.6 Å². The van der Waals surface area contributed by atoms with Gasteiger partial charge in [-0.3, -0.25) is 0 Å². The molecule has 0 aliphatic heterocycles. The number of rotatable bonds is 5. The average Bonchev–Trinajstić information content (AvgIpc) is 2.66. The zero-order valence-electron chi connectivity index (χ0n) is 12.3. The van der Waals surface area contributed by atoms with Gasteiger partial charge in [-0.15, -0.1) is 0 Å². The molecular formula is C17H25F2N. The van der Waals surface area contributed by atoms with Crippen LogP contribution in [0.15, 0.2) is 18.2 Å². The average molecular weight is 281 g/mol. The summed E-state index contributed by atoms with van der Waals surface area (Å²) in [5, 5.41) is 3.59. The van der Waals surface area contributed by atoms with E-state index in [0.717, 1.165) is 25.8 Å². The van der Waals surface area contributed by atoms with Gasteiger partial charge >= 0.3 is 0 Å². The summed E-state index contributed by atoms with van der Waals surface area (Å²) in [5.74, 6) is -0.146. The van der Waals surface area contributed by atoms with Gasteiger partial charge in [0.1, 0.15) is 11.6 Å². The number of hydrogen-bond acceptors (Lipinski definition) is 1. The van der Waals surface area contributed by atoms with Crippen molar-refractivity contribution in [2.75, 3.05) is 6.54 Å². The van der Waals surface area contributed by atoms with Crippen molar-refractivity contribution in [3.8, 4) is 0 Å². The largest absolute Gasteiger partial charge is 0.314 e. The maximum atomic E-state index is 13.7. The molecule has 20 heavy (non-hydrogen) atoms. The molecule has 1 aromatic carbocycles. The van der Waals surface area contributed by atoms with Crippen molar-refractivity contribution in [1.82, 2.24) is 5.32 Å². The second kappa shape index (κ2) is 7.72. The molecule has 0 saturated heterocycles. The highest BCUT2D eigenvalue weighted by Gasteiger charge is 2.21. The maximum Gasteiger partial charge on any atom is 0.126 e. The van der Waals surface area contributed by atoms with Crippen LogP contribution in [0.5, 0.6) is 0 Å². The van der Waals surface area contributed by atoms with E-state index in [4.69, 9.17) is 0 Å². The fourth-order valence-electron chi connectivity index (χ4n) is 3.19. The molecular weight excluding hydrogens is 256 g/mol. The number of nitrogens with one attached hydrogen (secondary N) is 1. The van der Waals surface area contributed by atoms with E-state index in [1.165, 1.54) is 37.5 Å². The highest BCUT2D eigenvalue weighted by molar-refractivity contribution is 5.19. The van der Waals surface area contributed by atoms with Gasteiger partial charge in [0.15, 0.2) is 0 Å². The van der Waals surface area contributed by atoms with Crippen LogP contribution in [0.4, 0.5) is 8.78 Å². The van der Waals surface area contributed by atoms with Gasteiger partial charge < -0.3 is 5.32 Å². The molecule has 0 radical (unpaired) electrons. The second-order valence-corrected chi connectivity index (χ2v) is 5.98. The minimum Gasteiger partial charge on any atom is -0.314 e. The number of hydrogen-bond donors (Lipinski definition) is 1. The van der Waals surface area contributed by atoms with Crippen LogP contribution in [0.3, 0.4) is 0 Å². The van der Waals surface area contributed by atoms with Gasteiger partial charge in [0.2, 0.25) is 0 Å². The first kappa shape index (κ1) is 15.4. The molecule has 2 atom stereocenters. The Balaban J connectivity index is 1.97. The minimum atomic E-state index is -0.337. The Morgan fingerprint density at radius 3 is 2.80 bits per heavy atom. The van der Waals surface area contributed by atoms with E-state index in [0.29, 0.717) is 23.9 Å². The zero-order chi connectivity index (χ0) is 14.4. The van der Waals surface area contributed by atoms with Crippen LogP contribution in [0.25, 0.3) is 0 Å². The van der Waals surface area contributed by atoms with Gasteiger partial charge in [-0.25, -0.2) is 8.78 Å². The van der Waals surface area contributed by atoms with E-state index in [1.807, 2.05) is 0 Å². The molecule has 2 rings (SSSR count). The van der Waals surface area contributed by atoms with E-state index < -0.39 is 0 Å². The Hall–Kier alpha value is -0.960. The summed E-state index contributed by atoms with van der Waals surface area (Å²) in [6.45, 7) is 3.22. The van der Waals surface area contributed by atoms with Crippen molar-refractivity contribution in [1.29, 1.82) is 0 Å². The van der Waals surface area contributed by atoms with Crippen LogP contribution >= 0.6 is 0 Å². The van der Waals surface area contributed by atoms with Gasteiger partial charge in [-0.05, 0) is 61.9 Å². The molecule has 0 amide bonds. The summed E-state index contributed by atoms with van der Waals surface area (Å²) in [5.41, 5.74) is 0.533. The Morgan fingerprint density at radius 1 is 1.20 bits per heavy atom. The van der Waals surface area contributed by atoms with Crippen molar-refractivity contribution in [2.45, 2.75) is 57.9 Å². The van der Waals surface area contributed by atoms with Gasteiger partial charge in [0.25, 0.3) is 0 Å². The summed E-state index contributed by atoms with van der Waals surface area (Å²) in [6.07, 6.45) is 7.65. The molecule has 0 spiro atoms. The van der Waals surface area contributed by atoms with E-state index >= 15 is 0 Å². The lowest BCUT2D eigenvalue weighted by atomic mass is 9.90. The molecule has 1 aromatic rings. The molecule has 2 unspecified atom stereocenters. The minimum absolute atomic E-state index is 0.270. The highest BCUT2D eigenvalue weighted by atomic mass is 19.1. The SMILES string of the molecule is CCCNC1CCCCC(Cc2cc(F)ccc2F)C1. The normalized spacial score (nSPS) is 23.6. The van der Waals surface area contributed by atoms with E-state index in [1.54, 1.807) is 0 Å². The fraction of sp³-hybridized carbons (Fsp3) is 0.647. The van der Waals surface area contributed by atoms with E-state index in [-0.39, 0.29) is 11.6 Å². The van der Waals surface area contributed by atoms with Crippen molar-refractivity contribution in [2.24, 2.45) is 5.92 Å². The smallest absolute Gasteiger partial charge is 0.126 e. The van der Waals surface area contributed by atoms with Crippen LogP contribution in [-0.2, 0) is 6.42 Å². The Labute approximate surface area is 120 Å². The van der Waals surface area contributed by atoms with Gasteiger partial charge in [0, 0.05) is 6.04 Å². The van der Waals surface area contributed by atoms with Crippen LogP contribution in [0.2, 0.25) is 0 Å². The van der Waals surface area contributed by atoms with Gasteiger partial charge in [-0.1, -0.05) is 26.2 Å². The third kappa shape index (κ3) is 4.55. The summed E-state index contributed by atoms with van der Waals surface area (Å²) in [6, 6.07) is 4.33. The molecule has 1 aliphatic rings. The number of benzene rings is 1. The molecule has 0 bridgehead atoms. The molecule has 112 valence electrons. The molecule has 1 N–H and O–H groups in total. The summed E-state index contributed by atoms with van der Waals surface area (Å²) < 4.78 is 27.0. The van der Waals surface area contributed by atoms with Crippen molar-refractivity contribution in [3.63, 3.8) is 0 Å². The summed E-state index contributed by atoms with van der Waals surface area (Å²) >= 11 is 0. The summed E-state index contributed by atoms with van der Waals surface area (Å²) in [7, 11) is 0. The lowest BCUT2D eigenvalue weighted by molar-refractivity contribution is 0.380. The molecule has 0 aromatic heterocycles. The molecule has 1 saturated carbocycles. The zero-order valence-corrected chi connectivity index (χ0v) is 12.3. The lowest BCUT2D eigenvalue weighted by Gasteiger charge is -2.21. The first-order chi connectivity index (χ1) is 9.69.